The van der Waals surface area contributed by atoms with E-state index in [0.29, 0.717) is 38.6 Å². The highest BCUT2D eigenvalue weighted by molar-refractivity contribution is 5.92. The molecule has 0 saturated carbocycles. The molecule has 12 N–H and O–H groups in total. The molecule has 0 bridgehead atoms. The summed E-state index contributed by atoms with van der Waals surface area (Å²) < 4.78 is 0. The zero-order valence-corrected chi connectivity index (χ0v) is 19.5. The maximum Gasteiger partial charge on any atom is 0.326 e. The number of amides is 3. The number of hydrogen-bond donors (Lipinski definition) is 8. The fourth-order valence-electron chi connectivity index (χ4n) is 2.95. The Hall–Kier alpha value is -2.93. The molecule has 0 aliphatic carbocycles. The van der Waals surface area contributed by atoms with Crippen LogP contribution in [0.4, 0.5) is 0 Å². The van der Waals surface area contributed by atoms with Crippen molar-refractivity contribution in [2.45, 2.75) is 70.5 Å². The van der Waals surface area contributed by atoms with Crippen molar-refractivity contribution >= 4 is 29.7 Å². The van der Waals surface area contributed by atoms with Gasteiger partial charge in [-0.3, -0.25) is 19.4 Å². The zero-order chi connectivity index (χ0) is 25.4. The van der Waals surface area contributed by atoms with Crippen LogP contribution in [0.3, 0.4) is 0 Å². The topological polar surface area (TPSA) is 241 Å². The molecule has 0 saturated heterocycles. The van der Waals surface area contributed by atoms with Crippen molar-refractivity contribution in [1.82, 2.24) is 16.0 Å². The summed E-state index contributed by atoms with van der Waals surface area (Å²) in [6.07, 6.45) is 2.50. The second-order valence-electron chi connectivity index (χ2n) is 8.21. The summed E-state index contributed by atoms with van der Waals surface area (Å²) >= 11 is 0. The number of hydrogen-bond acceptors (Lipinski definition) is 7. The van der Waals surface area contributed by atoms with Crippen LogP contribution >= 0.6 is 0 Å². The maximum absolute atomic E-state index is 12.6. The highest BCUT2D eigenvalue weighted by Crippen LogP contribution is 2.06. The second kappa shape index (κ2) is 16.7. The molecule has 33 heavy (non-hydrogen) atoms. The van der Waals surface area contributed by atoms with E-state index in [9.17, 15) is 24.3 Å². The molecular weight excluding hydrogens is 432 g/mol. The van der Waals surface area contributed by atoms with E-state index in [1.54, 1.807) is 0 Å². The summed E-state index contributed by atoms with van der Waals surface area (Å²) in [5.41, 5.74) is 21.8. The minimum Gasteiger partial charge on any atom is -0.480 e. The van der Waals surface area contributed by atoms with Gasteiger partial charge >= 0.3 is 5.97 Å². The summed E-state index contributed by atoms with van der Waals surface area (Å²) in [6, 6.07) is -2.80. The molecular formula is C20H40N8O5. The molecule has 0 radical (unpaired) electrons. The Labute approximate surface area is 194 Å². The Kier molecular flexibility index (Phi) is 15.2. The predicted molar refractivity (Wildman–Crippen MR) is 125 cm³/mol. The molecule has 0 fully saturated rings. The van der Waals surface area contributed by atoms with Gasteiger partial charge in [0, 0.05) is 6.54 Å². The Morgan fingerprint density at radius 1 is 0.939 bits per heavy atom. The molecule has 13 nitrogen and oxygen atoms in total. The first-order chi connectivity index (χ1) is 15.5. The Morgan fingerprint density at radius 3 is 2.12 bits per heavy atom. The van der Waals surface area contributed by atoms with E-state index in [1.165, 1.54) is 0 Å². The number of carboxylic acid groups (broad SMARTS) is 1. The molecule has 0 aromatic rings. The van der Waals surface area contributed by atoms with Crippen LogP contribution in [0.25, 0.3) is 0 Å². The summed E-state index contributed by atoms with van der Waals surface area (Å²) in [7, 11) is 0. The summed E-state index contributed by atoms with van der Waals surface area (Å²) in [5, 5.41) is 16.7. The van der Waals surface area contributed by atoms with E-state index in [2.05, 4.69) is 20.9 Å². The van der Waals surface area contributed by atoms with Crippen molar-refractivity contribution in [1.29, 1.82) is 0 Å². The predicted octanol–water partition coefficient (Wildman–Crippen LogP) is -2.29. The first kappa shape index (κ1) is 30.1. The Bertz CT molecular complexity index is 667. The van der Waals surface area contributed by atoms with E-state index in [-0.39, 0.29) is 24.8 Å². The molecule has 3 unspecified atom stereocenters. The number of nitrogens with one attached hydrogen (secondary N) is 3. The molecule has 13 heteroatoms. The van der Waals surface area contributed by atoms with Gasteiger partial charge in [-0.15, -0.1) is 0 Å². The van der Waals surface area contributed by atoms with Gasteiger partial charge in [0.25, 0.3) is 0 Å². The van der Waals surface area contributed by atoms with Gasteiger partial charge in [-0.25, -0.2) is 4.79 Å². The third-order valence-electron chi connectivity index (χ3n) is 4.64. The molecule has 190 valence electrons. The zero-order valence-electron chi connectivity index (χ0n) is 19.5. The van der Waals surface area contributed by atoms with Crippen LogP contribution in [0, 0.1) is 5.92 Å². The first-order valence-electron chi connectivity index (χ1n) is 11.1. The number of carbonyl (C=O) groups excluding carboxylic acids is 3. The van der Waals surface area contributed by atoms with Crippen molar-refractivity contribution in [3.63, 3.8) is 0 Å². The van der Waals surface area contributed by atoms with Crippen LogP contribution in [0.15, 0.2) is 4.99 Å². The molecule has 0 spiro atoms. The average Bonchev–Trinajstić information content (AvgIpc) is 2.72. The van der Waals surface area contributed by atoms with Crippen LogP contribution in [0.5, 0.6) is 0 Å². The van der Waals surface area contributed by atoms with E-state index >= 15 is 0 Å². The minimum atomic E-state index is -1.22. The SMILES string of the molecule is CC(C)CC(N)C(=O)NC(CCCCN)C(=O)NCC(=O)NC(CCCN=C(N)N)C(=O)O. The smallest absolute Gasteiger partial charge is 0.326 e. The number of unbranched alkanes of at least 4 members (excludes halogenated alkanes) is 1. The van der Waals surface area contributed by atoms with Crippen molar-refractivity contribution in [3.8, 4) is 0 Å². The third-order valence-corrected chi connectivity index (χ3v) is 4.64. The number of rotatable bonds is 17. The lowest BCUT2D eigenvalue weighted by molar-refractivity contribution is -0.142. The monoisotopic (exact) mass is 472 g/mol. The summed E-state index contributed by atoms with van der Waals surface area (Å²) in [5.74, 6) is -2.81. The van der Waals surface area contributed by atoms with Gasteiger partial charge in [0.1, 0.15) is 12.1 Å². The van der Waals surface area contributed by atoms with E-state index < -0.39 is 48.4 Å². The number of carbonyl (C=O) groups is 4. The van der Waals surface area contributed by atoms with Crippen molar-refractivity contribution in [3.05, 3.63) is 0 Å². The van der Waals surface area contributed by atoms with Crippen LogP contribution in [-0.4, -0.2) is 72.5 Å². The fraction of sp³-hybridized carbons (Fsp3) is 0.750. The number of nitrogens with zero attached hydrogens (tertiary/aromatic N) is 1. The Balaban J connectivity index is 4.82. The number of guanidine groups is 1. The van der Waals surface area contributed by atoms with Gasteiger partial charge in [0.05, 0.1) is 12.6 Å². The standard InChI is InChI=1S/C20H40N8O5/c1-12(2)10-13(22)17(30)28-14(6-3-4-8-21)18(31)26-11-16(29)27-15(19(32)33)7-5-9-25-20(23)24/h12-15H,3-11,21-22H2,1-2H3,(H,26,31)(H,27,29)(H,28,30)(H,32,33)(H4,23,24,25). The number of carboxylic acids is 1. The van der Waals surface area contributed by atoms with Crippen molar-refractivity contribution in [2.24, 2.45) is 33.8 Å². The van der Waals surface area contributed by atoms with Crippen LogP contribution in [-0.2, 0) is 19.2 Å². The highest BCUT2D eigenvalue weighted by atomic mass is 16.4. The molecule has 0 aromatic carbocycles. The molecule has 0 heterocycles. The quantitative estimate of drug-likeness (QED) is 0.0644. The van der Waals surface area contributed by atoms with Crippen molar-refractivity contribution < 1.29 is 24.3 Å². The van der Waals surface area contributed by atoms with Gasteiger partial charge in [-0.2, -0.15) is 0 Å². The lowest BCUT2D eigenvalue weighted by Crippen LogP contribution is -2.53. The lowest BCUT2D eigenvalue weighted by Gasteiger charge is -2.21. The molecule has 0 aromatic heterocycles. The van der Waals surface area contributed by atoms with E-state index in [0.717, 1.165) is 0 Å². The Morgan fingerprint density at radius 2 is 1.58 bits per heavy atom. The van der Waals surface area contributed by atoms with Crippen LogP contribution in [0.1, 0.15) is 52.4 Å². The second-order valence-corrected chi connectivity index (χ2v) is 8.21. The molecule has 3 amide bonds. The summed E-state index contributed by atoms with van der Waals surface area (Å²) in [6.45, 7) is 4.09. The first-order valence-corrected chi connectivity index (χ1v) is 11.1. The van der Waals surface area contributed by atoms with Gasteiger partial charge in [0.15, 0.2) is 5.96 Å². The van der Waals surface area contributed by atoms with Crippen molar-refractivity contribution in [2.75, 3.05) is 19.6 Å². The molecule has 3 atom stereocenters. The van der Waals surface area contributed by atoms with Crippen LogP contribution < -0.4 is 38.9 Å². The van der Waals surface area contributed by atoms with E-state index in [4.69, 9.17) is 22.9 Å². The fourth-order valence-corrected chi connectivity index (χ4v) is 2.95. The van der Waals surface area contributed by atoms with Gasteiger partial charge in [-0.1, -0.05) is 13.8 Å². The van der Waals surface area contributed by atoms with Gasteiger partial charge in [-0.05, 0) is 51.0 Å². The largest absolute Gasteiger partial charge is 0.480 e. The average molecular weight is 473 g/mol. The number of aliphatic carboxylic acids is 1. The molecule has 0 aliphatic rings. The number of aliphatic imine (C=N–C) groups is 1. The van der Waals surface area contributed by atoms with Gasteiger partial charge in [0.2, 0.25) is 17.7 Å². The van der Waals surface area contributed by atoms with Gasteiger partial charge < -0.3 is 44.0 Å². The maximum atomic E-state index is 12.6. The lowest BCUT2D eigenvalue weighted by atomic mass is 10.0. The third kappa shape index (κ3) is 14.7. The minimum absolute atomic E-state index is 0.105. The highest BCUT2D eigenvalue weighted by Gasteiger charge is 2.25. The normalized spacial score (nSPS) is 13.5. The number of nitrogens with two attached hydrogens (primary N) is 4. The van der Waals surface area contributed by atoms with Crippen LogP contribution in [0.2, 0.25) is 0 Å². The summed E-state index contributed by atoms with van der Waals surface area (Å²) in [4.78, 5) is 52.2. The molecule has 0 rings (SSSR count). The van der Waals surface area contributed by atoms with E-state index in [1.807, 2.05) is 13.8 Å². The molecule has 0 aliphatic heterocycles.